The van der Waals surface area contributed by atoms with Gasteiger partial charge in [-0.15, -0.1) is 0 Å². The molecule has 0 saturated heterocycles. The molecule has 1 aliphatic heterocycles. The Bertz CT molecular complexity index is 268. The first-order valence-corrected chi connectivity index (χ1v) is 5.05. The number of rotatable bonds is 1. The zero-order valence-corrected chi connectivity index (χ0v) is 7.05. The highest BCUT2D eigenvalue weighted by atomic mass is 35.7. The number of nitrogens with zero attached hydrogens (tertiary/aromatic N) is 1. The summed E-state index contributed by atoms with van der Waals surface area (Å²) in [6.07, 6.45) is 5.36. The van der Waals surface area contributed by atoms with Gasteiger partial charge in [0.2, 0.25) is 0 Å². The van der Waals surface area contributed by atoms with E-state index in [0.717, 1.165) is 4.31 Å². The van der Waals surface area contributed by atoms with Crippen LogP contribution in [0.4, 0.5) is 0 Å². The first kappa shape index (κ1) is 8.42. The van der Waals surface area contributed by atoms with Gasteiger partial charge in [0.25, 0.3) is 0 Å². The smallest absolute Gasteiger partial charge is 0.325 e. The fraction of sp³-hybridized carbons (Fsp3) is 0.200. The van der Waals surface area contributed by atoms with Gasteiger partial charge in [-0.1, -0.05) is 0 Å². The predicted molar refractivity (Wildman–Crippen MR) is 40.8 cm³/mol. The molecule has 0 atom stereocenters. The third kappa shape index (κ3) is 2.44. The second-order valence-corrected chi connectivity index (χ2v) is 4.19. The van der Waals surface area contributed by atoms with E-state index in [0.29, 0.717) is 6.61 Å². The van der Waals surface area contributed by atoms with Crippen LogP contribution in [0.2, 0.25) is 0 Å². The maximum absolute atomic E-state index is 10.7. The summed E-state index contributed by atoms with van der Waals surface area (Å²) >= 11 is 0. The SMILES string of the molecule is O=S(=O)(Cl)N1C=CCOC=C1. The molecule has 62 valence electrons. The summed E-state index contributed by atoms with van der Waals surface area (Å²) in [5.41, 5.74) is 0. The van der Waals surface area contributed by atoms with Crippen molar-refractivity contribution in [3.63, 3.8) is 0 Å². The molecule has 4 nitrogen and oxygen atoms in total. The van der Waals surface area contributed by atoms with Gasteiger partial charge >= 0.3 is 9.24 Å². The first-order chi connectivity index (χ1) is 5.11. The molecule has 0 spiro atoms. The fourth-order valence-corrected chi connectivity index (χ4v) is 1.26. The maximum Gasteiger partial charge on any atom is 0.325 e. The Morgan fingerprint density at radius 1 is 1.45 bits per heavy atom. The lowest BCUT2D eigenvalue weighted by Gasteiger charge is -2.06. The van der Waals surface area contributed by atoms with Crippen molar-refractivity contribution in [3.8, 4) is 0 Å². The highest BCUT2D eigenvalue weighted by molar-refractivity contribution is 8.12. The molecule has 0 aromatic heterocycles. The average molecular weight is 196 g/mol. The number of hydrogen-bond acceptors (Lipinski definition) is 3. The van der Waals surface area contributed by atoms with Crippen LogP contribution in [-0.2, 0) is 14.0 Å². The topological polar surface area (TPSA) is 46.6 Å². The van der Waals surface area contributed by atoms with E-state index in [2.05, 4.69) is 0 Å². The maximum atomic E-state index is 10.7. The molecular weight excluding hydrogens is 190 g/mol. The van der Waals surface area contributed by atoms with Gasteiger partial charge in [-0.25, -0.2) is 4.31 Å². The lowest BCUT2D eigenvalue weighted by atomic mass is 10.6. The van der Waals surface area contributed by atoms with Crippen molar-refractivity contribution in [2.75, 3.05) is 6.61 Å². The van der Waals surface area contributed by atoms with Crippen LogP contribution in [0, 0.1) is 0 Å². The Morgan fingerprint density at radius 3 is 2.82 bits per heavy atom. The molecule has 0 aromatic carbocycles. The van der Waals surface area contributed by atoms with E-state index in [4.69, 9.17) is 15.4 Å². The van der Waals surface area contributed by atoms with Gasteiger partial charge in [0.15, 0.2) is 0 Å². The second-order valence-electron chi connectivity index (χ2n) is 1.78. The van der Waals surface area contributed by atoms with Gasteiger partial charge in [0.1, 0.15) is 12.9 Å². The summed E-state index contributed by atoms with van der Waals surface area (Å²) in [6.45, 7) is 0.347. The molecule has 0 aliphatic carbocycles. The Hall–Kier alpha value is -0.680. The second kappa shape index (κ2) is 3.15. The van der Waals surface area contributed by atoms with Gasteiger partial charge in [0.05, 0.1) is 6.20 Å². The van der Waals surface area contributed by atoms with Crippen molar-refractivity contribution in [1.29, 1.82) is 0 Å². The van der Waals surface area contributed by atoms with Crippen molar-refractivity contribution in [2.45, 2.75) is 0 Å². The van der Waals surface area contributed by atoms with E-state index in [1.807, 2.05) is 0 Å². The molecular formula is C5H6ClNO3S. The molecule has 0 unspecified atom stereocenters. The Labute approximate surface area is 69.3 Å². The van der Waals surface area contributed by atoms with Crippen molar-refractivity contribution >= 4 is 19.9 Å². The number of ether oxygens (including phenoxy) is 1. The third-order valence-corrected chi connectivity index (χ3v) is 2.23. The summed E-state index contributed by atoms with van der Waals surface area (Å²) in [6, 6.07) is 0. The van der Waals surface area contributed by atoms with Crippen molar-refractivity contribution in [2.24, 2.45) is 0 Å². The van der Waals surface area contributed by atoms with Crippen molar-refractivity contribution in [3.05, 3.63) is 24.7 Å². The molecule has 6 heteroatoms. The number of halogens is 1. The summed E-state index contributed by atoms with van der Waals surface area (Å²) in [5.74, 6) is 0. The number of hydrogen-bond donors (Lipinski definition) is 0. The lowest BCUT2D eigenvalue weighted by Crippen LogP contribution is -2.13. The van der Waals surface area contributed by atoms with Crippen molar-refractivity contribution < 1.29 is 13.2 Å². The minimum absolute atomic E-state index is 0.347. The van der Waals surface area contributed by atoms with E-state index in [1.54, 1.807) is 6.08 Å². The molecule has 1 rings (SSSR count). The molecule has 1 aliphatic rings. The first-order valence-electron chi connectivity index (χ1n) is 2.79. The van der Waals surface area contributed by atoms with E-state index in [1.165, 1.54) is 18.7 Å². The zero-order chi connectivity index (χ0) is 8.32. The molecule has 11 heavy (non-hydrogen) atoms. The van der Waals surface area contributed by atoms with Crippen LogP contribution in [0.3, 0.4) is 0 Å². The lowest BCUT2D eigenvalue weighted by molar-refractivity contribution is 0.290. The quantitative estimate of drug-likeness (QED) is 0.581. The summed E-state index contributed by atoms with van der Waals surface area (Å²) < 4.78 is 27.0. The van der Waals surface area contributed by atoms with E-state index < -0.39 is 9.24 Å². The van der Waals surface area contributed by atoms with Crippen LogP contribution >= 0.6 is 10.7 Å². The minimum atomic E-state index is -3.70. The summed E-state index contributed by atoms with van der Waals surface area (Å²) in [4.78, 5) is 0. The van der Waals surface area contributed by atoms with Crippen LogP contribution in [0.15, 0.2) is 24.7 Å². The third-order valence-electron chi connectivity index (χ3n) is 1.00. The van der Waals surface area contributed by atoms with Gasteiger partial charge in [0, 0.05) is 16.9 Å². The Kier molecular flexibility index (Phi) is 2.41. The molecule has 0 N–H and O–H groups in total. The fourth-order valence-electron chi connectivity index (χ4n) is 0.556. The average Bonchev–Trinajstić information content (AvgIpc) is 2.10. The van der Waals surface area contributed by atoms with Crippen LogP contribution in [0.25, 0.3) is 0 Å². The Balaban J connectivity index is 2.87. The summed E-state index contributed by atoms with van der Waals surface area (Å²) in [5, 5.41) is 0. The van der Waals surface area contributed by atoms with Gasteiger partial charge in [-0.3, -0.25) is 0 Å². The van der Waals surface area contributed by atoms with E-state index in [9.17, 15) is 8.42 Å². The van der Waals surface area contributed by atoms with Gasteiger partial charge < -0.3 is 4.74 Å². The highest BCUT2D eigenvalue weighted by Crippen LogP contribution is 2.09. The van der Waals surface area contributed by atoms with Crippen molar-refractivity contribution in [1.82, 2.24) is 4.31 Å². The molecule has 0 radical (unpaired) electrons. The van der Waals surface area contributed by atoms with E-state index >= 15 is 0 Å². The Morgan fingerprint density at radius 2 is 2.18 bits per heavy atom. The van der Waals surface area contributed by atoms with Crippen LogP contribution in [0.1, 0.15) is 0 Å². The van der Waals surface area contributed by atoms with Crippen LogP contribution < -0.4 is 0 Å². The van der Waals surface area contributed by atoms with Gasteiger partial charge in [-0.2, -0.15) is 8.42 Å². The molecule has 0 fully saturated rings. The largest absolute Gasteiger partial charge is 0.496 e. The molecule has 0 saturated carbocycles. The normalized spacial score (nSPS) is 17.7. The van der Waals surface area contributed by atoms with Gasteiger partial charge in [-0.05, 0) is 6.08 Å². The highest BCUT2D eigenvalue weighted by Gasteiger charge is 2.11. The monoisotopic (exact) mass is 195 g/mol. The molecule has 1 heterocycles. The summed E-state index contributed by atoms with van der Waals surface area (Å²) in [7, 11) is 1.33. The molecule has 0 amide bonds. The molecule has 0 aromatic rings. The standard InChI is InChI=1S/C5H6ClNO3S/c6-11(8,9)7-2-1-4-10-5-3-7/h1-3,5H,4H2. The molecule has 0 bridgehead atoms. The minimum Gasteiger partial charge on any atom is -0.496 e. The van der Waals surface area contributed by atoms with Crippen LogP contribution in [-0.4, -0.2) is 19.3 Å². The predicted octanol–water partition coefficient (Wildman–Crippen LogP) is 0.787. The van der Waals surface area contributed by atoms with E-state index in [-0.39, 0.29) is 0 Å². The zero-order valence-electron chi connectivity index (χ0n) is 5.47. The van der Waals surface area contributed by atoms with Crippen LogP contribution in [0.5, 0.6) is 0 Å².